The summed E-state index contributed by atoms with van der Waals surface area (Å²) in [7, 11) is 0. The summed E-state index contributed by atoms with van der Waals surface area (Å²) in [6.45, 7) is 2.08. The van der Waals surface area contributed by atoms with Crippen molar-refractivity contribution in [2.45, 2.75) is 44.7 Å². The van der Waals surface area contributed by atoms with Crippen LogP contribution in [0.2, 0.25) is 0 Å². The molecule has 3 aromatic carbocycles. The summed E-state index contributed by atoms with van der Waals surface area (Å²) in [5.41, 5.74) is 3.38. The van der Waals surface area contributed by atoms with Crippen molar-refractivity contribution in [2.75, 3.05) is 6.61 Å². The van der Waals surface area contributed by atoms with Gasteiger partial charge >= 0.3 is 0 Å². The zero-order valence-electron chi connectivity index (χ0n) is 17.7. The summed E-state index contributed by atoms with van der Waals surface area (Å²) < 4.78 is 12.4. The van der Waals surface area contributed by atoms with Crippen molar-refractivity contribution in [3.05, 3.63) is 108 Å². The van der Waals surface area contributed by atoms with Crippen molar-refractivity contribution in [2.24, 2.45) is 0 Å². The second-order valence-electron chi connectivity index (χ2n) is 7.95. The fourth-order valence-corrected chi connectivity index (χ4v) is 4.01. The summed E-state index contributed by atoms with van der Waals surface area (Å²) >= 11 is 0. The van der Waals surface area contributed by atoms with Gasteiger partial charge in [0.1, 0.15) is 0 Å². The Morgan fingerprint density at radius 1 is 0.742 bits per heavy atom. The molecule has 1 amide bonds. The first-order valence-electron chi connectivity index (χ1n) is 10.9. The Morgan fingerprint density at radius 2 is 1.29 bits per heavy atom. The minimum atomic E-state index is -0.117. The highest BCUT2D eigenvalue weighted by Gasteiger charge is 2.36. The van der Waals surface area contributed by atoms with Gasteiger partial charge in [-0.25, -0.2) is 0 Å². The number of carbonyl (C=O) groups is 1. The maximum Gasteiger partial charge on any atom is 0.223 e. The molecule has 0 aromatic heterocycles. The molecule has 4 heteroatoms. The van der Waals surface area contributed by atoms with Crippen molar-refractivity contribution in [1.29, 1.82) is 0 Å². The van der Waals surface area contributed by atoms with E-state index in [1.54, 1.807) is 0 Å². The van der Waals surface area contributed by atoms with Crippen LogP contribution in [0.15, 0.2) is 91.0 Å². The molecule has 31 heavy (non-hydrogen) atoms. The van der Waals surface area contributed by atoms with Crippen molar-refractivity contribution < 1.29 is 14.3 Å². The lowest BCUT2D eigenvalue weighted by atomic mass is 9.97. The second-order valence-corrected chi connectivity index (χ2v) is 7.95. The third kappa shape index (κ3) is 6.03. The lowest BCUT2D eigenvalue weighted by molar-refractivity contribution is -0.151. The molecule has 4 nitrogen and oxygen atoms in total. The van der Waals surface area contributed by atoms with Gasteiger partial charge in [0.15, 0.2) is 0 Å². The minimum Gasteiger partial charge on any atom is -0.375 e. The SMILES string of the molecule is O=C1CC[C@@H](OCc2ccccc2)[C@H](COCc2ccccc2)N1Cc1ccccc1. The Balaban J connectivity index is 1.46. The Kier molecular flexibility index (Phi) is 7.48. The molecule has 160 valence electrons. The number of piperidine rings is 1. The van der Waals surface area contributed by atoms with E-state index in [1.165, 1.54) is 0 Å². The molecule has 0 radical (unpaired) electrons. The molecule has 0 bridgehead atoms. The van der Waals surface area contributed by atoms with Crippen LogP contribution in [0.25, 0.3) is 0 Å². The van der Waals surface area contributed by atoms with Gasteiger partial charge in [-0.15, -0.1) is 0 Å². The van der Waals surface area contributed by atoms with Gasteiger partial charge in [0.05, 0.1) is 32.0 Å². The van der Waals surface area contributed by atoms with E-state index < -0.39 is 0 Å². The van der Waals surface area contributed by atoms with E-state index in [0.29, 0.717) is 32.8 Å². The number of ether oxygens (including phenoxy) is 2. The number of hydrogen-bond acceptors (Lipinski definition) is 3. The lowest BCUT2D eigenvalue weighted by Crippen LogP contribution is -2.53. The van der Waals surface area contributed by atoms with E-state index >= 15 is 0 Å². The summed E-state index contributed by atoms with van der Waals surface area (Å²) in [5, 5.41) is 0. The third-order valence-corrected chi connectivity index (χ3v) is 5.70. The van der Waals surface area contributed by atoms with Crippen LogP contribution in [-0.2, 0) is 34.0 Å². The molecule has 0 spiro atoms. The third-order valence-electron chi connectivity index (χ3n) is 5.70. The number of benzene rings is 3. The van der Waals surface area contributed by atoms with Crippen molar-refractivity contribution in [1.82, 2.24) is 4.90 Å². The summed E-state index contributed by atoms with van der Waals surface area (Å²) in [4.78, 5) is 14.8. The maximum absolute atomic E-state index is 12.9. The molecule has 1 fully saturated rings. The standard InChI is InChI=1S/C27H29NO3/c29-27-17-16-26(31-20-24-14-8-3-9-15-24)25(21-30-19-23-12-6-2-7-13-23)28(27)18-22-10-4-1-5-11-22/h1-15,25-26H,16-21H2/t25-,26+/m0/s1. The van der Waals surface area contributed by atoms with Crippen LogP contribution in [0.3, 0.4) is 0 Å². The highest BCUT2D eigenvalue weighted by molar-refractivity contribution is 5.77. The van der Waals surface area contributed by atoms with Gasteiger partial charge in [-0.3, -0.25) is 4.79 Å². The molecule has 4 rings (SSSR count). The zero-order valence-corrected chi connectivity index (χ0v) is 17.7. The molecule has 0 aliphatic carbocycles. The number of likely N-dealkylation sites (tertiary alicyclic amines) is 1. The molecule has 0 unspecified atom stereocenters. The van der Waals surface area contributed by atoms with Gasteiger partial charge < -0.3 is 14.4 Å². The first kappa shape index (κ1) is 21.3. The van der Waals surface area contributed by atoms with Crippen molar-refractivity contribution >= 4 is 5.91 Å². The molecular weight excluding hydrogens is 386 g/mol. The first-order chi connectivity index (χ1) is 15.3. The predicted molar refractivity (Wildman–Crippen MR) is 121 cm³/mol. The highest BCUT2D eigenvalue weighted by Crippen LogP contribution is 2.25. The molecule has 1 aliphatic rings. The summed E-state index contributed by atoms with van der Waals surface area (Å²) in [5.74, 6) is 0.164. The topological polar surface area (TPSA) is 38.8 Å². The van der Waals surface area contributed by atoms with E-state index in [1.807, 2.05) is 59.5 Å². The predicted octanol–water partition coefficient (Wildman–Crippen LogP) is 4.98. The van der Waals surface area contributed by atoms with Gasteiger partial charge in [-0.2, -0.15) is 0 Å². The van der Waals surface area contributed by atoms with Crippen LogP contribution < -0.4 is 0 Å². The van der Waals surface area contributed by atoms with Crippen LogP contribution >= 0.6 is 0 Å². The number of nitrogens with zero attached hydrogens (tertiary/aromatic N) is 1. The van der Waals surface area contributed by atoms with Gasteiger partial charge in [0.2, 0.25) is 5.91 Å². The fraction of sp³-hybridized carbons (Fsp3) is 0.296. The maximum atomic E-state index is 12.9. The molecular formula is C27H29NO3. The molecule has 0 saturated carbocycles. The van der Waals surface area contributed by atoms with E-state index in [2.05, 4.69) is 36.4 Å². The van der Waals surface area contributed by atoms with Gasteiger partial charge in [0, 0.05) is 13.0 Å². The zero-order chi connectivity index (χ0) is 21.3. The van der Waals surface area contributed by atoms with E-state index in [9.17, 15) is 4.79 Å². The smallest absolute Gasteiger partial charge is 0.223 e. The number of carbonyl (C=O) groups excluding carboxylic acids is 1. The fourth-order valence-electron chi connectivity index (χ4n) is 4.01. The van der Waals surface area contributed by atoms with Crippen molar-refractivity contribution in [3.8, 4) is 0 Å². The van der Waals surface area contributed by atoms with E-state index in [4.69, 9.17) is 9.47 Å². The van der Waals surface area contributed by atoms with Crippen LogP contribution in [0.4, 0.5) is 0 Å². The average molecular weight is 416 g/mol. The van der Waals surface area contributed by atoms with Crippen LogP contribution in [0.5, 0.6) is 0 Å². The van der Waals surface area contributed by atoms with Gasteiger partial charge in [-0.1, -0.05) is 91.0 Å². The molecule has 1 saturated heterocycles. The van der Waals surface area contributed by atoms with Crippen LogP contribution in [0, 0.1) is 0 Å². The Bertz CT molecular complexity index is 930. The molecule has 1 heterocycles. The second kappa shape index (κ2) is 10.9. The first-order valence-corrected chi connectivity index (χ1v) is 10.9. The van der Waals surface area contributed by atoms with Gasteiger partial charge in [0.25, 0.3) is 0 Å². The normalized spacial score (nSPS) is 18.8. The van der Waals surface area contributed by atoms with E-state index in [0.717, 1.165) is 23.1 Å². The molecule has 2 atom stereocenters. The number of rotatable bonds is 9. The summed E-state index contributed by atoms with van der Waals surface area (Å²) in [6.07, 6.45) is 1.16. The Labute approximate surface area is 184 Å². The highest BCUT2D eigenvalue weighted by atomic mass is 16.5. The number of hydrogen-bond donors (Lipinski definition) is 0. The van der Waals surface area contributed by atoms with Crippen LogP contribution in [-0.4, -0.2) is 29.6 Å². The van der Waals surface area contributed by atoms with E-state index in [-0.39, 0.29) is 18.1 Å². The minimum absolute atomic E-state index is 0.0580. The largest absolute Gasteiger partial charge is 0.375 e. The molecule has 0 N–H and O–H groups in total. The molecule has 1 aliphatic heterocycles. The Hall–Kier alpha value is -2.95. The molecule has 3 aromatic rings. The van der Waals surface area contributed by atoms with Crippen molar-refractivity contribution in [3.63, 3.8) is 0 Å². The lowest BCUT2D eigenvalue weighted by Gasteiger charge is -2.41. The monoisotopic (exact) mass is 415 g/mol. The number of amides is 1. The summed E-state index contributed by atoms with van der Waals surface area (Å²) in [6, 6.07) is 30.3. The van der Waals surface area contributed by atoms with Gasteiger partial charge in [-0.05, 0) is 23.1 Å². The average Bonchev–Trinajstić information content (AvgIpc) is 2.82. The quantitative estimate of drug-likeness (QED) is 0.495. The van der Waals surface area contributed by atoms with Crippen LogP contribution in [0.1, 0.15) is 29.5 Å². The Morgan fingerprint density at radius 3 is 1.90 bits per heavy atom.